The van der Waals surface area contributed by atoms with Crippen molar-refractivity contribution in [2.45, 2.75) is 51.2 Å². The smallest absolute Gasteiger partial charge is 0.243 e. The SMILES string of the molecule is CC(C)C(N)c1nc(CSC(C)(C)C)no1. The van der Waals surface area contributed by atoms with Crippen LogP contribution in [0, 0.1) is 5.92 Å². The maximum absolute atomic E-state index is 5.93. The number of thioether (sulfide) groups is 1. The molecule has 1 atom stereocenters. The first kappa shape index (κ1) is 13.5. The van der Waals surface area contributed by atoms with Crippen LogP contribution in [-0.4, -0.2) is 14.9 Å². The van der Waals surface area contributed by atoms with Gasteiger partial charge in [-0.05, 0) is 5.92 Å². The van der Waals surface area contributed by atoms with Crippen molar-refractivity contribution in [2.24, 2.45) is 11.7 Å². The molecule has 0 aliphatic carbocycles. The third-order valence-electron chi connectivity index (χ3n) is 2.12. The minimum atomic E-state index is -0.166. The van der Waals surface area contributed by atoms with E-state index >= 15 is 0 Å². The minimum absolute atomic E-state index is 0.166. The third kappa shape index (κ3) is 4.14. The molecule has 0 aromatic carbocycles. The molecule has 2 N–H and O–H groups in total. The second-order valence-electron chi connectivity index (χ2n) is 5.22. The molecule has 0 amide bonds. The van der Waals surface area contributed by atoms with Crippen molar-refractivity contribution in [3.8, 4) is 0 Å². The van der Waals surface area contributed by atoms with Gasteiger partial charge in [-0.25, -0.2) is 0 Å². The van der Waals surface area contributed by atoms with Crippen molar-refractivity contribution < 1.29 is 4.52 Å². The number of aromatic nitrogens is 2. The van der Waals surface area contributed by atoms with Crippen LogP contribution in [0.15, 0.2) is 4.52 Å². The fourth-order valence-corrected chi connectivity index (χ4v) is 1.71. The molecule has 1 heterocycles. The van der Waals surface area contributed by atoms with Crippen LogP contribution in [0.5, 0.6) is 0 Å². The van der Waals surface area contributed by atoms with Crippen LogP contribution in [-0.2, 0) is 5.75 Å². The zero-order chi connectivity index (χ0) is 12.3. The molecule has 0 saturated heterocycles. The van der Waals surface area contributed by atoms with Gasteiger partial charge in [0.25, 0.3) is 0 Å². The molecule has 4 nitrogen and oxygen atoms in total. The molecule has 0 saturated carbocycles. The molecule has 92 valence electrons. The first-order valence-corrected chi connectivity index (χ1v) is 6.50. The van der Waals surface area contributed by atoms with Crippen molar-refractivity contribution >= 4 is 11.8 Å². The Hall–Kier alpha value is -0.550. The van der Waals surface area contributed by atoms with E-state index in [9.17, 15) is 0 Å². The van der Waals surface area contributed by atoms with Gasteiger partial charge in [0, 0.05) is 4.75 Å². The zero-order valence-electron chi connectivity index (χ0n) is 10.7. The Kier molecular flexibility index (Phi) is 4.38. The number of hydrogen-bond acceptors (Lipinski definition) is 5. The summed E-state index contributed by atoms with van der Waals surface area (Å²) in [4.78, 5) is 4.31. The number of hydrogen-bond donors (Lipinski definition) is 1. The van der Waals surface area contributed by atoms with Crippen LogP contribution in [0.1, 0.15) is 52.4 Å². The Bertz CT molecular complexity index is 330. The number of nitrogens with two attached hydrogens (primary N) is 1. The van der Waals surface area contributed by atoms with Crippen LogP contribution < -0.4 is 5.73 Å². The van der Waals surface area contributed by atoms with Gasteiger partial charge in [-0.15, -0.1) is 11.8 Å². The average Bonchev–Trinajstić information content (AvgIpc) is 2.60. The normalized spacial score (nSPS) is 14.4. The lowest BCUT2D eigenvalue weighted by atomic mass is 10.1. The van der Waals surface area contributed by atoms with Crippen LogP contribution in [0.3, 0.4) is 0 Å². The van der Waals surface area contributed by atoms with Gasteiger partial charge in [-0.3, -0.25) is 0 Å². The van der Waals surface area contributed by atoms with Crippen molar-refractivity contribution in [1.29, 1.82) is 0 Å². The van der Waals surface area contributed by atoms with Crippen molar-refractivity contribution in [3.63, 3.8) is 0 Å². The topological polar surface area (TPSA) is 64.9 Å². The summed E-state index contributed by atoms with van der Waals surface area (Å²) in [6.07, 6.45) is 0. The molecule has 1 unspecified atom stereocenters. The summed E-state index contributed by atoms with van der Waals surface area (Å²) in [6.45, 7) is 10.6. The maximum atomic E-state index is 5.93. The monoisotopic (exact) mass is 243 g/mol. The van der Waals surface area contributed by atoms with E-state index in [1.54, 1.807) is 11.8 Å². The summed E-state index contributed by atoms with van der Waals surface area (Å²) in [5, 5.41) is 3.94. The molecule has 1 aromatic rings. The Morgan fingerprint density at radius 3 is 2.50 bits per heavy atom. The highest BCUT2D eigenvalue weighted by molar-refractivity contribution is 7.99. The molecule has 0 spiro atoms. The second-order valence-corrected chi connectivity index (χ2v) is 7.02. The van der Waals surface area contributed by atoms with E-state index in [4.69, 9.17) is 10.3 Å². The van der Waals surface area contributed by atoms with E-state index < -0.39 is 0 Å². The van der Waals surface area contributed by atoms with E-state index in [0.717, 1.165) is 11.6 Å². The molecular weight excluding hydrogens is 222 g/mol. The first-order chi connectivity index (χ1) is 7.29. The van der Waals surface area contributed by atoms with Gasteiger partial charge in [0.2, 0.25) is 5.89 Å². The molecule has 5 heteroatoms. The summed E-state index contributed by atoms with van der Waals surface area (Å²) in [6, 6.07) is -0.166. The highest BCUT2D eigenvalue weighted by Gasteiger charge is 2.19. The summed E-state index contributed by atoms with van der Waals surface area (Å²) in [5.74, 6) is 2.34. The Balaban J connectivity index is 2.58. The standard InChI is InChI=1S/C11H21N3OS/c1-7(2)9(12)10-13-8(14-15-10)6-16-11(3,4)5/h7,9H,6,12H2,1-5H3. The van der Waals surface area contributed by atoms with E-state index in [0.29, 0.717) is 11.8 Å². The fourth-order valence-electron chi connectivity index (χ4n) is 1.03. The highest BCUT2D eigenvalue weighted by atomic mass is 32.2. The van der Waals surface area contributed by atoms with Crippen LogP contribution >= 0.6 is 11.8 Å². The van der Waals surface area contributed by atoms with Gasteiger partial charge in [-0.1, -0.05) is 39.8 Å². The maximum Gasteiger partial charge on any atom is 0.243 e. The second kappa shape index (κ2) is 5.19. The lowest BCUT2D eigenvalue weighted by Crippen LogP contribution is -2.17. The van der Waals surface area contributed by atoms with Gasteiger partial charge in [0.1, 0.15) is 0 Å². The number of rotatable bonds is 4. The molecular formula is C11H21N3OS. The molecule has 0 fully saturated rings. The van der Waals surface area contributed by atoms with E-state index in [-0.39, 0.29) is 10.8 Å². The van der Waals surface area contributed by atoms with E-state index in [1.807, 2.05) is 13.8 Å². The van der Waals surface area contributed by atoms with Crippen molar-refractivity contribution in [3.05, 3.63) is 11.7 Å². The molecule has 0 bridgehead atoms. The van der Waals surface area contributed by atoms with Crippen molar-refractivity contribution in [2.75, 3.05) is 0 Å². The quantitative estimate of drug-likeness (QED) is 0.881. The largest absolute Gasteiger partial charge is 0.338 e. The predicted molar refractivity (Wildman–Crippen MR) is 67.1 cm³/mol. The Morgan fingerprint density at radius 1 is 1.38 bits per heavy atom. The van der Waals surface area contributed by atoms with Crippen LogP contribution in [0.25, 0.3) is 0 Å². The Labute approximate surface area is 101 Å². The first-order valence-electron chi connectivity index (χ1n) is 5.51. The van der Waals surface area contributed by atoms with Gasteiger partial charge in [0.05, 0.1) is 11.8 Å². The molecule has 0 radical (unpaired) electrons. The van der Waals surface area contributed by atoms with Crippen LogP contribution in [0.4, 0.5) is 0 Å². The summed E-state index contributed by atoms with van der Waals surface area (Å²) < 4.78 is 5.36. The molecule has 0 aliphatic heterocycles. The number of nitrogens with zero attached hydrogens (tertiary/aromatic N) is 2. The highest BCUT2D eigenvalue weighted by Crippen LogP contribution is 2.26. The van der Waals surface area contributed by atoms with E-state index in [1.165, 1.54) is 0 Å². The van der Waals surface area contributed by atoms with Gasteiger partial charge < -0.3 is 10.3 Å². The molecule has 1 rings (SSSR count). The summed E-state index contributed by atoms with van der Waals surface area (Å²) >= 11 is 1.79. The van der Waals surface area contributed by atoms with Gasteiger partial charge >= 0.3 is 0 Å². The average molecular weight is 243 g/mol. The lowest BCUT2D eigenvalue weighted by Gasteiger charge is -2.15. The van der Waals surface area contributed by atoms with E-state index in [2.05, 4.69) is 30.9 Å². The van der Waals surface area contributed by atoms with Gasteiger partial charge in [-0.2, -0.15) is 4.98 Å². The molecule has 1 aromatic heterocycles. The zero-order valence-corrected chi connectivity index (χ0v) is 11.5. The molecule has 16 heavy (non-hydrogen) atoms. The fraction of sp³-hybridized carbons (Fsp3) is 0.818. The lowest BCUT2D eigenvalue weighted by molar-refractivity contribution is 0.323. The third-order valence-corrected chi connectivity index (χ3v) is 3.39. The summed E-state index contributed by atoms with van der Waals surface area (Å²) in [5.41, 5.74) is 5.93. The predicted octanol–water partition coefficient (Wildman–Crippen LogP) is 2.76. The summed E-state index contributed by atoms with van der Waals surface area (Å²) in [7, 11) is 0. The molecule has 0 aliphatic rings. The van der Waals surface area contributed by atoms with Gasteiger partial charge in [0.15, 0.2) is 5.82 Å². The minimum Gasteiger partial charge on any atom is -0.338 e. The van der Waals surface area contributed by atoms with Crippen LogP contribution in [0.2, 0.25) is 0 Å². The van der Waals surface area contributed by atoms with Crippen molar-refractivity contribution in [1.82, 2.24) is 10.1 Å². The Morgan fingerprint density at radius 2 is 2.00 bits per heavy atom.